The van der Waals surface area contributed by atoms with E-state index in [1.54, 1.807) is 14.2 Å². The largest absolute Gasteiger partial charge is 0.496 e. The Bertz CT molecular complexity index is 932. The van der Waals surface area contributed by atoms with Gasteiger partial charge < -0.3 is 19.8 Å². The number of fused-ring (bicyclic) bond motifs is 3. The average molecular weight is 374 g/mol. The van der Waals surface area contributed by atoms with E-state index in [9.17, 15) is 0 Å². The highest BCUT2D eigenvalue weighted by molar-refractivity contribution is 9.10. The number of methoxy groups -OCH3 is 2. The molecule has 2 aromatic heterocycles. The van der Waals surface area contributed by atoms with Crippen LogP contribution in [0.4, 0.5) is 0 Å². The van der Waals surface area contributed by atoms with Crippen LogP contribution in [-0.2, 0) is 4.74 Å². The number of benzene rings is 1. The van der Waals surface area contributed by atoms with Gasteiger partial charge in [0.2, 0.25) is 0 Å². The molecule has 5 nitrogen and oxygen atoms in total. The summed E-state index contributed by atoms with van der Waals surface area (Å²) in [5.41, 5.74) is 3.97. The van der Waals surface area contributed by atoms with Gasteiger partial charge in [0, 0.05) is 36.1 Å². The van der Waals surface area contributed by atoms with Gasteiger partial charge in [-0.3, -0.25) is 4.98 Å². The predicted molar refractivity (Wildman–Crippen MR) is 94.6 cm³/mol. The first-order valence-corrected chi connectivity index (χ1v) is 8.13. The van der Waals surface area contributed by atoms with Crippen LogP contribution in [0.3, 0.4) is 0 Å². The van der Waals surface area contributed by atoms with Crippen molar-refractivity contribution < 1.29 is 9.47 Å². The van der Waals surface area contributed by atoms with E-state index in [-0.39, 0.29) is 6.10 Å². The molecule has 0 saturated heterocycles. The molecule has 118 valence electrons. The van der Waals surface area contributed by atoms with Gasteiger partial charge in [0.15, 0.2) is 0 Å². The molecule has 23 heavy (non-hydrogen) atoms. The molecule has 6 heteroatoms. The van der Waals surface area contributed by atoms with Gasteiger partial charge in [-0.25, -0.2) is 0 Å². The number of hydrogen-bond donors (Lipinski definition) is 2. The van der Waals surface area contributed by atoms with Crippen molar-refractivity contribution in [2.45, 2.75) is 6.10 Å². The molecule has 1 unspecified atom stereocenters. The molecule has 1 atom stereocenters. The number of pyridine rings is 1. The number of rotatable bonds is 3. The minimum Gasteiger partial charge on any atom is -0.496 e. The van der Waals surface area contributed by atoms with Crippen molar-refractivity contribution in [1.82, 2.24) is 15.3 Å². The number of H-pyrrole nitrogens is 1. The van der Waals surface area contributed by atoms with E-state index < -0.39 is 0 Å². The van der Waals surface area contributed by atoms with Crippen LogP contribution in [0, 0.1) is 0 Å². The van der Waals surface area contributed by atoms with Crippen LogP contribution in [0.15, 0.2) is 34.9 Å². The normalized spacial score (nSPS) is 17.5. The van der Waals surface area contributed by atoms with Crippen LogP contribution in [0.25, 0.3) is 27.5 Å². The summed E-state index contributed by atoms with van der Waals surface area (Å²) in [5, 5.41) is 5.60. The van der Waals surface area contributed by atoms with Gasteiger partial charge in [-0.2, -0.15) is 0 Å². The van der Waals surface area contributed by atoms with E-state index in [0.29, 0.717) is 0 Å². The summed E-state index contributed by atoms with van der Waals surface area (Å²) in [6.45, 7) is 0.767. The van der Waals surface area contributed by atoms with Gasteiger partial charge in [-0.05, 0) is 40.2 Å². The van der Waals surface area contributed by atoms with E-state index >= 15 is 0 Å². The number of ether oxygens (including phenoxy) is 2. The van der Waals surface area contributed by atoms with Crippen LogP contribution in [0.5, 0.6) is 5.75 Å². The lowest BCUT2D eigenvalue weighted by Gasteiger charge is -2.04. The van der Waals surface area contributed by atoms with Gasteiger partial charge in [0.05, 0.1) is 28.9 Å². The van der Waals surface area contributed by atoms with E-state index in [1.807, 2.05) is 24.4 Å². The molecule has 0 bridgehead atoms. The highest BCUT2D eigenvalue weighted by Gasteiger charge is 2.20. The molecule has 3 aromatic rings. The summed E-state index contributed by atoms with van der Waals surface area (Å²) in [7, 11) is 3.39. The Hall–Kier alpha value is -2.05. The molecule has 3 heterocycles. The maximum atomic E-state index is 5.41. The Morgan fingerprint density at radius 1 is 1.26 bits per heavy atom. The second-order valence-corrected chi connectivity index (χ2v) is 6.33. The maximum Gasteiger partial charge on any atom is 0.133 e. The summed E-state index contributed by atoms with van der Waals surface area (Å²) < 4.78 is 11.7. The summed E-state index contributed by atoms with van der Waals surface area (Å²) in [6, 6.07) is 6.09. The van der Waals surface area contributed by atoms with Crippen molar-refractivity contribution in [2.75, 3.05) is 20.8 Å². The lowest BCUT2D eigenvalue weighted by Crippen LogP contribution is -2.17. The summed E-state index contributed by atoms with van der Waals surface area (Å²) in [5.74, 6) is 0.814. The average Bonchev–Trinajstić information content (AvgIpc) is 3.17. The topological polar surface area (TPSA) is 59.2 Å². The van der Waals surface area contributed by atoms with Crippen LogP contribution in [0.1, 0.15) is 5.69 Å². The van der Waals surface area contributed by atoms with Crippen molar-refractivity contribution in [1.29, 1.82) is 0 Å². The lowest BCUT2D eigenvalue weighted by molar-refractivity contribution is 0.149. The molecule has 0 aliphatic carbocycles. The Kier molecular flexibility index (Phi) is 3.50. The smallest absolute Gasteiger partial charge is 0.133 e. The molecule has 1 aromatic carbocycles. The summed E-state index contributed by atoms with van der Waals surface area (Å²) in [4.78, 5) is 8.04. The van der Waals surface area contributed by atoms with Gasteiger partial charge in [-0.1, -0.05) is 0 Å². The molecular weight excluding hydrogens is 358 g/mol. The number of nitrogens with zero attached hydrogens (tertiary/aromatic N) is 1. The zero-order valence-corrected chi connectivity index (χ0v) is 14.4. The number of aromatic nitrogens is 2. The number of halogens is 1. The molecule has 1 aliphatic rings. The van der Waals surface area contributed by atoms with E-state index in [0.717, 1.165) is 50.0 Å². The molecule has 4 rings (SSSR count). The second-order valence-electron chi connectivity index (χ2n) is 5.47. The maximum absolute atomic E-state index is 5.41. The van der Waals surface area contributed by atoms with Crippen molar-refractivity contribution in [3.63, 3.8) is 0 Å². The van der Waals surface area contributed by atoms with E-state index in [4.69, 9.17) is 9.47 Å². The first kappa shape index (κ1) is 14.5. The standard InChI is InChI=1S/C17H16BrN3O2/c1-22-9-5-14(20-8-9)17-16-10(3-4-19-17)11-6-15(23-2)12(18)7-13(11)21-16/h3-7,9,20-21H,8H2,1-2H3. The Morgan fingerprint density at radius 3 is 2.87 bits per heavy atom. The van der Waals surface area contributed by atoms with Gasteiger partial charge in [0.1, 0.15) is 11.4 Å². The fraction of sp³-hybridized carbons (Fsp3) is 0.235. The van der Waals surface area contributed by atoms with Crippen molar-refractivity contribution in [3.05, 3.63) is 40.6 Å². The third-order valence-electron chi connectivity index (χ3n) is 4.20. The molecule has 0 spiro atoms. The van der Waals surface area contributed by atoms with Gasteiger partial charge in [0.25, 0.3) is 0 Å². The van der Waals surface area contributed by atoms with E-state index in [2.05, 4.69) is 37.3 Å². The second kappa shape index (κ2) is 5.54. The lowest BCUT2D eigenvalue weighted by atomic mass is 10.1. The van der Waals surface area contributed by atoms with Crippen LogP contribution in [0.2, 0.25) is 0 Å². The zero-order valence-electron chi connectivity index (χ0n) is 12.8. The van der Waals surface area contributed by atoms with Crippen molar-refractivity contribution >= 4 is 43.4 Å². The Labute approximate surface area is 141 Å². The Morgan fingerprint density at radius 2 is 2.13 bits per heavy atom. The zero-order chi connectivity index (χ0) is 16.0. The van der Waals surface area contributed by atoms with Gasteiger partial charge >= 0.3 is 0 Å². The third kappa shape index (κ3) is 2.29. The number of nitrogens with one attached hydrogen (secondary N) is 2. The number of hydrogen-bond acceptors (Lipinski definition) is 4. The molecule has 0 fully saturated rings. The van der Waals surface area contributed by atoms with Crippen LogP contribution in [-0.4, -0.2) is 36.8 Å². The fourth-order valence-corrected chi connectivity index (χ4v) is 3.52. The minimum atomic E-state index is 0.0840. The molecule has 0 radical (unpaired) electrons. The molecule has 0 amide bonds. The van der Waals surface area contributed by atoms with Crippen LogP contribution >= 0.6 is 15.9 Å². The fourth-order valence-electron chi connectivity index (χ4n) is 3.02. The molecular formula is C17H16BrN3O2. The van der Waals surface area contributed by atoms with Gasteiger partial charge in [-0.15, -0.1) is 0 Å². The minimum absolute atomic E-state index is 0.0840. The molecule has 2 N–H and O–H groups in total. The first-order chi connectivity index (χ1) is 11.2. The summed E-state index contributed by atoms with van der Waals surface area (Å²) in [6.07, 6.45) is 3.99. The van der Waals surface area contributed by atoms with E-state index in [1.165, 1.54) is 0 Å². The van der Waals surface area contributed by atoms with Crippen LogP contribution < -0.4 is 10.1 Å². The third-order valence-corrected chi connectivity index (χ3v) is 4.82. The quantitative estimate of drug-likeness (QED) is 0.738. The predicted octanol–water partition coefficient (Wildman–Crippen LogP) is 3.45. The van der Waals surface area contributed by atoms with Crippen molar-refractivity contribution in [3.8, 4) is 5.75 Å². The number of aromatic amines is 1. The highest BCUT2D eigenvalue weighted by Crippen LogP contribution is 2.36. The molecule has 1 aliphatic heterocycles. The van der Waals surface area contributed by atoms with Crippen molar-refractivity contribution in [2.24, 2.45) is 0 Å². The SMILES string of the molecule is COc1cc2c(cc1Br)[nH]c1c(C3=CC(OC)CN3)nccc12. The molecule has 0 saturated carbocycles. The monoisotopic (exact) mass is 373 g/mol. The highest BCUT2D eigenvalue weighted by atomic mass is 79.9. The summed E-state index contributed by atoms with van der Waals surface area (Å²) >= 11 is 3.54. The first-order valence-electron chi connectivity index (χ1n) is 7.34. The Balaban J connectivity index is 1.96.